The van der Waals surface area contributed by atoms with Gasteiger partial charge in [0, 0.05) is 25.2 Å². The van der Waals surface area contributed by atoms with E-state index in [0.29, 0.717) is 12.8 Å². The summed E-state index contributed by atoms with van der Waals surface area (Å²) in [5, 5.41) is 10.9. The van der Waals surface area contributed by atoms with E-state index in [-0.39, 0.29) is 37.9 Å². The summed E-state index contributed by atoms with van der Waals surface area (Å²) in [5.74, 6) is -2.18. The van der Waals surface area contributed by atoms with E-state index < -0.39 is 48.1 Å². The maximum atomic E-state index is 14.5. The first-order valence-corrected chi connectivity index (χ1v) is 13.9. The van der Waals surface area contributed by atoms with Crippen molar-refractivity contribution in [2.45, 2.75) is 96.2 Å². The van der Waals surface area contributed by atoms with Gasteiger partial charge in [-0.25, -0.2) is 18.0 Å². The van der Waals surface area contributed by atoms with Crippen LogP contribution in [0.25, 0.3) is 0 Å². The molecule has 222 valence electrons. The second kappa shape index (κ2) is 16.9. The molecule has 2 amide bonds. The highest BCUT2D eigenvalue weighted by Crippen LogP contribution is 2.19. The number of primary amides is 1. The summed E-state index contributed by atoms with van der Waals surface area (Å²) in [6, 6.07) is 9.53. The van der Waals surface area contributed by atoms with Crippen molar-refractivity contribution in [1.29, 1.82) is 0 Å². The van der Waals surface area contributed by atoms with Gasteiger partial charge >= 0.3 is 6.09 Å². The summed E-state index contributed by atoms with van der Waals surface area (Å²) in [7, 11) is 0. The molecule has 10 heteroatoms. The number of ether oxygens (including phenoxy) is 1. The van der Waals surface area contributed by atoms with Crippen molar-refractivity contribution in [3.8, 4) is 0 Å². The standard InChI is InChI=1S/C30H42F3N3O4/c1-3-5-6-10-23(31)11-12-28(40-30(35)39)29(38)36(18-21-9-7-8-20(4-2)13-21)19-27(37)26(34)16-22-14-24(32)17-25(33)15-22/h7-9,13-15,17,23,26-28,37H,3-6,10-12,16,18-19,34H2,1-2H3,(H2,35,39)/t23?,26-,27+,28+/m0/s1. The smallest absolute Gasteiger partial charge is 0.405 e. The van der Waals surface area contributed by atoms with Crippen LogP contribution in [0, 0.1) is 11.6 Å². The Hall–Kier alpha value is -3.11. The molecular weight excluding hydrogens is 523 g/mol. The first-order valence-electron chi connectivity index (χ1n) is 13.9. The van der Waals surface area contributed by atoms with Crippen LogP contribution in [0.5, 0.6) is 0 Å². The zero-order chi connectivity index (χ0) is 29.7. The highest BCUT2D eigenvalue weighted by molar-refractivity contribution is 5.83. The summed E-state index contributed by atoms with van der Waals surface area (Å²) in [4.78, 5) is 26.6. The van der Waals surface area contributed by atoms with Gasteiger partial charge in [-0.1, -0.05) is 57.4 Å². The van der Waals surface area contributed by atoms with Crippen molar-refractivity contribution >= 4 is 12.0 Å². The Morgan fingerprint density at radius 1 is 0.975 bits per heavy atom. The number of aryl methyl sites for hydroxylation is 1. The topological polar surface area (TPSA) is 119 Å². The van der Waals surface area contributed by atoms with Crippen molar-refractivity contribution in [3.05, 3.63) is 70.8 Å². The van der Waals surface area contributed by atoms with E-state index in [4.69, 9.17) is 16.2 Å². The Morgan fingerprint density at radius 3 is 2.27 bits per heavy atom. The molecule has 0 aliphatic rings. The number of halogens is 3. The molecule has 40 heavy (non-hydrogen) atoms. The number of amides is 2. The predicted octanol–water partition coefficient (Wildman–Crippen LogP) is 4.95. The molecule has 0 aliphatic heterocycles. The third-order valence-electron chi connectivity index (χ3n) is 6.78. The number of unbranched alkanes of at least 4 members (excludes halogenated alkanes) is 2. The molecular formula is C30H42F3N3O4. The highest BCUT2D eigenvalue weighted by Gasteiger charge is 2.31. The summed E-state index contributed by atoms with van der Waals surface area (Å²) >= 11 is 0. The lowest BCUT2D eigenvalue weighted by atomic mass is 10.00. The summed E-state index contributed by atoms with van der Waals surface area (Å²) in [6.45, 7) is 3.80. The van der Waals surface area contributed by atoms with Crippen molar-refractivity contribution in [2.75, 3.05) is 6.54 Å². The number of hydrogen-bond acceptors (Lipinski definition) is 5. The Labute approximate surface area is 234 Å². The minimum absolute atomic E-state index is 0.000234. The number of carbonyl (C=O) groups excluding carboxylic acids is 2. The fourth-order valence-corrected chi connectivity index (χ4v) is 4.57. The van der Waals surface area contributed by atoms with E-state index >= 15 is 0 Å². The normalized spacial score (nSPS) is 14.3. The Bertz CT molecular complexity index is 1070. The lowest BCUT2D eigenvalue weighted by molar-refractivity contribution is -0.143. The molecule has 5 N–H and O–H groups in total. The van der Waals surface area contributed by atoms with Crippen LogP contribution in [0.4, 0.5) is 18.0 Å². The number of carbonyl (C=O) groups is 2. The average molecular weight is 566 g/mol. The SMILES string of the molecule is CCCCCC(F)CC[C@@H](OC(N)=O)C(=O)N(Cc1cccc(CC)c1)C[C@@H](O)[C@@H](N)Cc1cc(F)cc(F)c1. The third kappa shape index (κ3) is 11.6. The first-order chi connectivity index (χ1) is 19.0. The second-order valence-corrected chi connectivity index (χ2v) is 10.2. The largest absolute Gasteiger partial charge is 0.436 e. The number of aliphatic hydroxyl groups excluding tert-OH is 1. The molecule has 4 atom stereocenters. The van der Waals surface area contributed by atoms with Gasteiger partial charge < -0.3 is 26.2 Å². The van der Waals surface area contributed by atoms with Crippen LogP contribution in [0.2, 0.25) is 0 Å². The van der Waals surface area contributed by atoms with Crippen LogP contribution >= 0.6 is 0 Å². The second-order valence-electron chi connectivity index (χ2n) is 10.2. The zero-order valence-electron chi connectivity index (χ0n) is 23.3. The Morgan fingerprint density at radius 2 is 1.65 bits per heavy atom. The van der Waals surface area contributed by atoms with Gasteiger partial charge in [0.15, 0.2) is 6.10 Å². The molecule has 0 radical (unpaired) electrons. The van der Waals surface area contributed by atoms with Crippen molar-refractivity contribution in [1.82, 2.24) is 4.90 Å². The summed E-state index contributed by atoms with van der Waals surface area (Å²) in [6.07, 6.45) is -1.44. The van der Waals surface area contributed by atoms with E-state index in [0.717, 1.165) is 48.6 Å². The van der Waals surface area contributed by atoms with Gasteiger partial charge in [0.05, 0.1) is 6.10 Å². The van der Waals surface area contributed by atoms with Crippen LogP contribution in [0.3, 0.4) is 0 Å². The lowest BCUT2D eigenvalue weighted by Gasteiger charge is -2.31. The van der Waals surface area contributed by atoms with Crippen molar-refractivity contribution < 1.29 is 32.6 Å². The summed E-state index contributed by atoms with van der Waals surface area (Å²) < 4.78 is 46.9. The molecule has 2 aromatic carbocycles. The molecule has 0 saturated heterocycles. The number of alkyl halides is 1. The number of aliphatic hydroxyl groups is 1. The number of nitrogens with two attached hydrogens (primary N) is 2. The van der Waals surface area contributed by atoms with E-state index in [1.807, 2.05) is 38.1 Å². The van der Waals surface area contributed by atoms with Crippen molar-refractivity contribution in [2.24, 2.45) is 11.5 Å². The minimum Gasteiger partial charge on any atom is -0.436 e. The van der Waals surface area contributed by atoms with E-state index in [2.05, 4.69) is 0 Å². The molecule has 0 aromatic heterocycles. The molecule has 0 bridgehead atoms. The molecule has 0 fully saturated rings. The van der Waals surface area contributed by atoms with Gasteiger partial charge in [-0.2, -0.15) is 0 Å². The fraction of sp³-hybridized carbons (Fsp3) is 0.533. The number of hydrogen-bond donors (Lipinski definition) is 3. The van der Waals surface area contributed by atoms with Crippen molar-refractivity contribution in [3.63, 3.8) is 0 Å². The van der Waals surface area contributed by atoms with E-state index in [9.17, 15) is 27.9 Å². The van der Waals surface area contributed by atoms with Gasteiger partial charge in [0.2, 0.25) is 0 Å². The molecule has 2 rings (SSSR count). The number of benzene rings is 2. The van der Waals surface area contributed by atoms with Gasteiger partial charge in [0.1, 0.15) is 17.8 Å². The predicted molar refractivity (Wildman–Crippen MR) is 148 cm³/mol. The molecule has 1 unspecified atom stereocenters. The van der Waals surface area contributed by atoms with E-state index in [1.54, 1.807) is 0 Å². The lowest BCUT2D eigenvalue weighted by Crippen LogP contribution is -2.49. The Kier molecular flexibility index (Phi) is 14.0. The Balaban J connectivity index is 2.23. The van der Waals surface area contributed by atoms with Crippen LogP contribution < -0.4 is 11.5 Å². The van der Waals surface area contributed by atoms with Crippen LogP contribution in [0.1, 0.15) is 69.1 Å². The maximum Gasteiger partial charge on any atom is 0.405 e. The van der Waals surface area contributed by atoms with Gasteiger partial charge in [-0.3, -0.25) is 4.79 Å². The maximum absolute atomic E-state index is 14.5. The molecule has 2 aromatic rings. The highest BCUT2D eigenvalue weighted by atomic mass is 19.1. The molecule has 0 saturated carbocycles. The average Bonchev–Trinajstić information content (AvgIpc) is 2.89. The number of rotatable bonds is 17. The summed E-state index contributed by atoms with van der Waals surface area (Å²) in [5.41, 5.74) is 13.4. The fourth-order valence-electron chi connectivity index (χ4n) is 4.57. The van der Waals surface area contributed by atoms with Crippen LogP contribution in [-0.4, -0.2) is 53.0 Å². The van der Waals surface area contributed by atoms with Gasteiger partial charge in [-0.15, -0.1) is 0 Å². The number of nitrogens with zero attached hydrogens (tertiary/aromatic N) is 1. The molecule has 0 heterocycles. The molecule has 0 aliphatic carbocycles. The minimum atomic E-state index is -1.35. The quantitative estimate of drug-likeness (QED) is 0.235. The monoisotopic (exact) mass is 565 g/mol. The first kappa shape index (κ1) is 33.1. The third-order valence-corrected chi connectivity index (χ3v) is 6.78. The van der Waals surface area contributed by atoms with Crippen LogP contribution in [0.15, 0.2) is 42.5 Å². The van der Waals surface area contributed by atoms with Crippen LogP contribution in [-0.2, 0) is 28.9 Å². The van der Waals surface area contributed by atoms with Gasteiger partial charge in [-0.05, 0) is 60.9 Å². The van der Waals surface area contributed by atoms with Gasteiger partial charge in [0.25, 0.3) is 5.91 Å². The zero-order valence-corrected chi connectivity index (χ0v) is 23.3. The molecule has 0 spiro atoms. The molecule has 7 nitrogen and oxygen atoms in total. The van der Waals surface area contributed by atoms with E-state index in [1.165, 1.54) is 4.90 Å².